The van der Waals surface area contributed by atoms with Crippen LogP contribution in [0.25, 0.3) is 0 Å². The number of nitrogens with two attached hydrogens (primary N) is 1. The summed E-state index contributed by atoms with van der Waals surface area (Å²) in [6.45, 7) is 1.86. The molecule has 1 aromatic heterocycles. The molecule has 4 heteroatoms. The summed E-state index contributed by atoms with van der Waals surface area (Å²) >= 11 is 0. The average Bonchev–Trinajstić information content (AvgIpc) is 2.03. The minimum absolute atomic E-state index is 0.110. The Hall–Kier alpha value is -1.03. The lowest BCUT2D eigenvalue weighted by Crippen LogP contribution is -2.06. The Balaban J connectivity index is 3.18. The lowest BCUT2D eigenvalue weighted by Gasteiger charge is -2.07. The fourth-order valence-corrected chi connectivity index (χ4v) is 1.06. The molecule has 0 radical (unpaired) electrons. The highest BCUT2D eigenvalue weighted by Gasteiger charge is 2.14. The zero-order valence-corrected chi connectivity index (χ0v) is 6.72. The van der Waals surface area contributed by atoms with Crippen molar-refractivity contribution in [1.82, 2.24) is 4.98 Å². The zero-order chi connectivity index (χ0) is 9.14. The molecule has 0 aliphatic carbocycles. The first-order valence-corrected chi connectivity index (χ1v) is 3.59. The monoisotopic (exact) mass is 172 g/mol. The van der Waals surface area contributed by atoms with Crippen LogP contribution in [0.2, 0.25) is 0 Å². The molecular weight excluding hydrogens is 162 g/mol. The van der Waals surface area contributed by atoms with Crippen LogP contribution in [0.5, 0.6) is 0 Å². The van der Waals surface area contributed by atoms with Gasteiger partial charge in [0, 0.05) is 12.7 Å². The van der Waals surface area contributed by atoms with E-state index in [0.717, 1.165) is 5.56 Å². The first kappa shape index (κ1) is 9.06. The molecule has 0 saturated heterocycles. The Labute approximate surface area is 69.4 Å². The highest BCUT2D eigenvalue weighted by atomic mass is 19.3. The first-order valence-electron chi connectivity index (χ1n) is 3.59. The van der Waals surface area contributed by atoms with Gasteiger partial charge in [0.1, 0.15) is 5.69 Å². The Morgan fingerprint density at radius 3 is 2.67 bits per heavy atom. The van der Waals surface area contributed by atoms with Crippen molar-refractivity contribution in [1.29, 1.82) is 0 Å². The lowest BCUT2D eigenvalue weighted by atomic mass is 10.1. The topological polar surface area (TPSA) is 38.9 Å². The number of nitrogens with zero attached hydrogens (tertiary/aromatic N) is 1. The molecule has 1 heterocycles. The van der Waals surface area contributed by atoms with Crippen molar-refractivity contribution in [3.8, 4) is 0 Å². The molecule has 0 aromatic carbocycles. The van der Waals surface area contributed by atoms with Gasteiger partial charge < -0.3 is 5.73 Å². The van der Waals surface area contributed by atoms with Crippen LogP contribution in [0.3, 0.4) is 0 Å². The summed E-state index contributed by atoms with van der Waals surface area (Å²) < 4.78 is 24.6. The van der Waals surface area contributed by atoms with Crippen LogP contribution in [0, 0.1) is 6.92 Å². The van der Waals surface area contributed by atoms with E-state index in [0.29, 0.717) is 5.56 Å². The number of aromatic nitrogens is 1. The van der Waals surface area contributed by atoms with E-state index in [1.165, 1.54) is 6.20 Å². The second kappa shape index (κ2) is 3.58. The number of hydrogen-bond donors (Lipinski definition) is 1. The van der Waals surface area contributed by atoms with Gasteiger partial charge in [0.05, 0.1) is 0 Å². The standard InChI is InChI=1S/C8H10F2N2/c1-5-2-3-12-7(8(9)10)6(5)4-11/h2-3,8H,4,11H2,1H3. The van der Waals surface area contributed by atoms with Gasteiger partial charge in [-0.2, -0.15) is 0 Å². The quantitative estimate of drug-likeness (QED) is 0.738. The number of rotatable bonds is 2. The molecule has 0 spiro atoms. The Bertz CT molecular complexity index is 274. The van der Waals surface area contributed by atoms with Crippen LogP contribution in [-0.2, 0) is 6.54 Å². The summed E-state index contributed by atoms with van der Waals surface area (Å²) in [6, 6.07) is 1.67. The maximum absolute atomic E-state index is 12.3. The van der Waals surface area contributed by atoms with E-state index in [1.54, 1.807) is 13.0 Å². The van der Waals surface area contributed by atoms with Gasteiger partial charge in [-0.1, -0.05) is 0 Å². The summed E-state index contributed by atoms with van der Waals surface area (Å²) in [4.78, 5) is 3.58. The van der Waals surface area contributed by atoms with Crippen LogP contribution in [0.1, 0.15) is 23.2 Å². The number of alkyl halides is 2. The highest BCUT2D eigenvalue weighted by Crippen LogP contribution is 2.21. The molecule has 1 rings (SSSR count). The number of pyridine rings is 1. The minimum Gasteiger partial charge on any atom is -0.326 e. The summed E-state index contributed by atoms with van der Waals surface area (Å²) in [5.74, 6) is 0. The number of aryl methyl sites for hydroxylation is 1. The molecule has 0 unspecified atom stereocenters. The van der Waals surface area contributed by atoms with Crippen molar-refractivity contribution in [3.63, 3.8) is 0 Å². The van der Waals surface area contributed by atoms with Gasteiger partial charge >= 0.3 is 0 Å². The molecular formula is C8H10F2N2. The summed E-state index contributed by atoms with van der Waals surface area (Å²) in [5.41, 5.74) is 6.34. The highest BCUT2D eigenvalue weighted by molar-refractivity contribution is 5.29. The smallest absolute Gasteiger partial charge is 0.280 e. The van der Waals surface area contributed by atoms with Crippen LogP contribution >= 0.6 is 0 Å². The molecule has 0 amide bonds. The van der Waals surface area contributed by atoms with Crippen LogP contribution < -0.4 is 5.73 Å². The van der Waals surface area contributed by atoms with Gasteiger partial charge in [-0.3, -0.25) is 4.98 Å². The Morgan fingerprint density at radius 1 is 1.58 bits per heavy atom. The van der Waals surface area contributed by atoms with E-state index in [2.05, 4.69) is 4.98 Å². The van der Waals surface area contributed by atoms with Gasteiger partial charge in [-0.25, -0.2) is 8.78 Å². The molecule has 0 aliphatic heterocycles. The van der Waals surface area contributed by atoms with E-state index in [4.69, 9.17) is 5.73 Å². The van der Waals surface area contributed by atoms with E-state index in [9.17, 15) is 8.78 Å². The lowest BCUT2D eigenvalue weighted by molar-refractivity contribution is 0.144. The number of hydrogen-bond acceptors (Lipinski definition) is 2. The second-order valence-corrected chi connectivity index (χ2v) is 2.50. The fraction of sp³-hybridized carbons (Fsp3) is 0.375. The van der Waals surface area contributed by atoms with Crippen molar-refractivity contribution >= 4 is 0 Å². The zero-order valence-electron chi connectivity index (χ0n) is 6.72. The average molecular weight is 172 g/mol. The van der Waals surface area contributed by atoms with Gasteiger partial charge in [0.2, 0.25) is 0 Å². The molecule has 2 N–H and O–H groups in total. The molecule has 0 atom stereocenters. The Kier molecular flexibility index (Phi) is 2.70. The van der Waals surface area contributed by atoms with Crippen LogP contribution in [0.4, 0.5) is 8.78 Å². The second-order valence-electron chi connectivity index (χ2n) is 2.50. The molecule has 0 fully saturated rings. The first-order chi connectivity index (χ1) is 5.66. The van der Waals surface area contributed by atoms with Crippen molar-refractivity contribution in [2.24, 2.45) is 5.73 Å². The fourth-order valence-electron chi connectivity index (χ4n) is 1.06. The maximum Gasteiger partial charge on any atom is 0.280 e. The third kappa shape index (κ3) is 1.58. The van der Waals surface area contributed by atoms with Crippen LogP contribution in [-0.4, -0.2) is 4.98 Å². The van der Waals surface area contributed by atoms with Crippen molar-refractivity contribution in [3.05, 3.63) is 29.1 Å². The van der Waals surface area contributed by atoms with E-state index >= 15 is 0 Å². The SMILES string of the molecule is Cc1ccnc(C(F)F)c1CN. The molecule has 66 valence electrons. The van der Waals surface area contributed by atoms with Gasteiger partial charge in [0.15, 0.2) is 0 Å². The summed E-state index contributed by atoms with van der Waals surface area (Å²) in [6.07, 6.45) is -1.17. The van der Waals surface area contributed by atoms with E-state index in [1.807, 2.05) is 0 Å². The molecule has 1 aromatic rings. The minimum atomic E-state index is -2.54. The molecule has 0 saturated carbocycles. The third-order valence-electron chi connectivity index (χ3n) is 1.73. The molecule has 0 aliphatic rings. The van der Waals surface area contributed by atoms with Gasteiger partial charge in [0.25, 0.3) is 6.43 Å². The predicted molar refractivity (Wildman–Crippen MR) is 41.8 cm³/mol. The largest absolute Gasteiger partial charge is 0.326 e. The Morgan fingerprint density at radius 2 is 2.25 bits per heavy atom. The van der Waals surface area contributed by atoms with Gasteiger partial charge in [-0.15, -0.1) is 0 Å². The maximum atomic E-state index is 12.3. The third-order valence-corrected chi connectivity index (χ3v) is 1.73. The van der Waals surface area contributed by atoms with E-state index in [-0.39, 0.29) is 12.2 Å². The summed E-state index contributed by atoms with van der Waals surface area (Å²) in [5, 5.41) is 0. The predicted octanol–water partition coefficient (Wildman–Crippen LogP) is 1.79. The van der Waals surface area contributed by atoms with Crippen molar-refractivity contribution in [2.45, 2.75) is 19.9 Å². The van der Waals surface area contributed by atoms with E-state index < -0.39 is 6.43 Å². The molecule has 12 heavy (non-hydrogen) atoms. The van der Waals surface area contributed by atoms with Crippen molar-refractivity contribution in [2.75, 3.05) is 0 Å². The molecule has 2 nitrogen and oxygen atoms in total. The number of halogens is 2. The molecule has 0 bridgehead atoms. The van der Waals surface area contributed by atoms with Crippen molar-refractivity contribution < 1.29 is 8.78 Å². The van der Waals surface area contributed by atoms with Gasteiger partial charge in [-0.05, 0) is 24.1 Å². The normalized spacial score (nSPS) is 10.8. The van der Waals surface area contributed by atoms with Crippen LogP contribution in [0.15, 0.2) is 12.3 Å². The summed E-state index contributed by atoms with van der Waals surface area (Å²) in [7, 11) is 0.